The zero-order chi connectivity index (χ0) is 15.4. The van der Waals surface area contributed by atoms with Crippen molar-refractivity contribution in [2.45, 2.75) is 19.3 Å². The van der Waals surface area contributed by atoms with Crippen molar-refractivity contribution >= 4 is 23.0 Å². The van der Waals surface area contributed by atoms with Gasteiger partial charge in [0.25, 0.3) is 0 Å². The molecule has 114 valence electrons. The highest BCUT2D eigenvalue weighted by molar-refractivity contribution is 5.74. The number of nitro groups is 1. The maximum absolute atomic E-state index is 11.5. The Bertz CT molecular complexity index is 658. The van der Waals surface area contributed by atoms with E-state index in [1.54, 1.807) is 24.5 Å². The van der Waals surface area contributed by atoms with Crippen LogP contribution in [-0.2, 0) is 0 Å². The van der Waals surface area contributed by atoms with Crippen LogP contribution in [0.25, 0.3) is 0 Å². The number of rotatable bonds is 4. The number of aromatic nitrogens is 3. The Labute approximate surface area is 127 Å². The van der Waals surface area contributed by atoms with E-state index < -0.39 is 4.92 Å². The summed E-state index contributed by atoms with van der Waals surface area (Å²) in [6, 6.07) is 3.46. The van der Waals surface area contributed by atoms with Crippen LogP contribution in [0.2, 0.25) is 0 Å². The number of hydrogen-bond donors (Lipinski definition) is 1. The van der Waals surface area contributed by atoms with Crippen LogP contribution in [0, 0.1) is 10.1 Å². The summed E-state index contributed by atoms with van der Waals surface area (Å²) in [5.74, 6) is 0.586. The highest BCUT2D eigenvalue weighted by atomic mass is 16.6. The summed E-state index contributed by atoms with van der Waals surface area (Å²) in [6.45, 7) is 1.57. The summed E-state index contributed by atoms with van der Waals surface area (Å²) in [7, 11) is 0. The van der Waals surface area contributed by atoms with Gasteiger partial charge in [-0.05, 0) is 31.4 Å². The van der Waals surface area contributed by atoms with Crippen LogP contribution in [-0.4, -0.2) is 33.0 Å². The van der Waals surface area contributed by atoms with Crippen LogP contribution in [0.15, 0.2) is 30.9 Å². The van der Waals surface area contributed by atoms with E-state index >= 15 is 0 Å². The largest absolute Gasteiger partial charge is 0.353 e. The van der Waals surface area contributed by atoms with Crippen LogP contribution in [0.3, 0.4) is 0 Å². The molecule has 1 N–H and O–H groups in total. The fourth-order valence-electron chi connectivity index (χ4n) is 2.54. The Kier molecular flexibility index (Phi) is 4.08. The van der Waals surface area contributed by atoms with Crippen molar-refractivity contribution in [2.24, 2.45) is 0 Å². The molecule has 1 aliphatic rings. The van der Waals surface area contributed by atoms with Gasteiger partial charge in [-0.25, -0.2) is 9.97 Å². The van der Waals surface area contributed by atoms with Crippen LogP contribution >= 0.6 is 0 Å². The van der Waals surface area contributed by atoms with Crippen LogP contribution in [0.1, 0.15) is 19.3 Å². The maximum atomic E-state index is 11.5. The second-order valence-electron chi connectivity index (χ2n) is 5.06. The lowest BCUT2D eigenvalue weighted by molar-refractivity contribution is -0.383. The number of nitrogens with zero attached hydrogens (tertiary/aromatic N) is 5. The summed E-state index contributed by atoms with van der Waals surface area (Å²) in [5.41, 5.74) is 0.614. The molecule has 0 aliphatic carbocycles. The molecule has 2 aromatic heterocycles. The first kappa shape index (κ1) is 14.2. The zero-order valence-electron chi connectivity index (χ0n) is 12.0. The van der Waals surface area contributed by atoms with E-state index in [1.165, 1.54) is 6.33 Å². The minimum atomic E-state index is -0.423. The van der Waals surface area contributed by atoms with Gasteiger partial charge in [-0.3, -0.25) is 15.1 Å². The van der Waals surface area contributed by atoms with Gasteiger partial charge in [0.1, 0.15) is 6.33 Å². The van der Waals surface area contributed by atoms with E-state index in [4.69, 9.17) is 0 Å². The lowest BCUT2D eigenvalue weighted by Gasteiger charge is -2.27. The molecule has 2 aromatic rings. The molecule has 1 saturated heterocycles. The molecule has 8 nitrogen and oxygen atoms in total. The van der Waals surface area contributed by atoms with Gasteiger partial charge < -0.3 is 10.2 Å². The predicted octanol–water partition coefficient (Wildman–Crippen LogP) is 2.51. The molecule has 22 heavy (non-hydrogen) atoms. The van der Waals surface area contributed by atoms with Gasteiger partial charge in [-0.15, -0.1) is 0 Å². The van der Waals surface area contributed by atoms with Crippen molar-refractivity contribution in [3.63, 3.8) is 0 Å². The van der Waals surface area contributed by atoms with E-state index in [2.05, 4.69) is 20.3 Å². The molecule has 3 rings (SSSR count). The lowest BCUT2D eigenvalue weighted by atomic mass is 10.1. The summed E-state index contributed by atoms with van der Waals surface area (Å²) in [5, 5.41) is 14.5. The molecule has 0 aromatic carbocycles. The normalized spacial score (nSPS) is 14.6. The Hall–Kier alpha value is -2.77. The monoisotopic (exact) mass is 300 g/mol. The lowest BCUT2D eigenvalue weighted by Crippen LogP contribution is -2.31. The molecule has 0 bridgehead atoms. The second-order valence-corrected chi connectivity index (χ2v) is 5.06. The van der Waals surface area contributed by atoms with Crippen LogP contribution < -0.4 is 10.2 Å². The fraction of sp³-hybridized carbons (Fsp3) is 0.357. The van der Waals surface area contributed by atoms with Gasteiger partial charge in [-0.1, -0.05) is 0 Å². The van der Waals surface area contributed by atoms with Crippen LogP contribution in [0.5, 0.6) is 0 Å². The highest BCUT2D eigenvalue weighted by Crippen LogP contribution is 2.34. The van der Waals surface area contributed by atoms with Gasteiger partial charge in [0, 0.05) is 31.2 Å². The molecule has 0 radical (unpaired) electrons. The minimum Gasteiger partial charge on any atom is -0.351 e. The van der Waals surface area contributed by atoms with E-state index in [9.17, 15) is 10.1 Å². The molecule has 8 heteroatoms. The standard InChI is InChI=1S/C14H16N6O2/c21-20(22)12-13(18-11-4-6-15-7-5-11)16-10-17-14(12)19-8-2-1-3-9-19/h4-7,10H,1-3,8-9H2,(H,15,16,17,18). The Morgan fingerprint density at radius 2 is 1.86 bits per heavy atom. The van der Waals surface area contributed by atoms with E-state index in [0.717, 1.165) is 32.4 Å². The smallest absolute Gasteiger partial charge is 0.351 e. The third kappa shape index (κ3) is 2.95. The van der Waals surface area contributed by atoms with Crippen molar-refractivity contribution < 1.29 is 4.92 Å². The van der Waals surface area contributed by atoms with Gasteiger partial charge in [0.2, 0.25) is 11.6 Å². The van der Waals surface area contributed by atoms with E-state index in [1.807, 2.05) is 4.90 Å². The fourth-order valence-corrected chi connectivity index (χ4v) is 2.54. The number of nitrogens with one attached hydrogen (secondary N) is 1. The van der Waals surface area contributed by atoms with Gasteiger partial charge in [-0.2, -0.15) is 0 Å². The average Bonchev–Trinajstić information content (AvgIpc) is 2.56. The average molecular weight is 300 g/mol. The first-order valence-electron chi connectivity index (χ1n) is 7.17. The molecule has 0 spiro atoms. The van der Waals surface area contributed by atoms with Crippen molar-refractivity contribution in [3.8, 4) is 0 Å². The number of piperidine rings is 1. The molecule has 0 unspecified atom stereocenters. The summed E-state index contributed by atoms with van der Waals surface area (Å²) in [4.78, 5) is 25.2. The minimum absolute atomic E-state index is 0.0822. The Morgan fingerprint density at radius 3 is 2.55 bits per heavy atom. The molecule has 0 atom stereocenters. The van der Waals surface area contributed by atoms with Gasteiger partial charge >= 0.3 is 5.69 Å². The van der Waals surface area contributed by atoms with Gasteiger partial charge in [0.05, 0.1) is 4.92 Å². The molecule has 3 heterocycles. The number of hydrogen-bond acceptors (Lipinski definition) is 7. The van der Waals surface area contributed by atoms with Gasteiger partial charge in [0.15, 0.2) is 0 Å². The van der Waals surface area contributed by atoms with Crippen LogP contribution in [0.4, 0.5) is 23.0 Å². The summed E-state index contributed by atoms with van der Waals surface area (Å²) in [6.07, 6.45) is 7.78. The molecule has 0 amide bonds. The van der Waals surface area contributed by atoms with Crippen molar-refractivity contribution in [3.05, 3.63) is 41.0 Å². The van der Waals surface area contributed by atoms with E-state index in [0.29, 0.717) is 11.5 Å². The zero-order valence-corrected chi connectivity index (χ0v) is 12.0. The summed E-state index contributed by atoms with van der Waals surface area (Å²) < 4.78 is 0. The third-order valence-corrected chi connectivity index (χ3v) is 3.58. The highest BCUT2D eigenvalue weighted by Gasteiger charge is 2.27. The van der Waals surface area contributed by atoms with Crippen molar-refractivity contribution in [1.82, 2.24) is 15.0 Å². The molecular formula is C14H16N6O2. The molecule has 0 saturated carbocycles. The first-order chi connectivity index (χ1) is 10.8. The van der Waals surface area contributed by atoms with E-state index in [-0.39, 0.29) is 11.5 Å². The quantitative estimate of drug-likeness (QED) is 0.684. The third-order valence-electron chi connectivity index (χ3n) is 3.58. The SMILES string of the molecule is O=[N+]([O-])c1c(Nc2ccncc2)ncnc1N1CCCCC1. The van der Waals surface area contributed by atoms with Crippen molar-refractivity contribution in [2.75, 3.05) is 23.3 Å². The Balaban J connectivity index is 1.97. The van der Waals surface area contributed by atoms with Crippen molar-refractivity contribution in [1.29, 1.82) is 0 Å². The second kappa shape index (κ2) is 6.33. The topological polar surface area (TPSA) is 97.1 Å². The molecule has 1 aliphatic heterocycles. The first-order valence-corrected chi connectivity index (χ1v) is 7.17. The number of anilines is 3. The maximum Gasteiger partial charge on any atom is 0.353 e. The molecule has 1 fully saturated rings. The molecular weight excluding hydrogens is 284 g/mol. The number of pyridine rings is 1. The summed E-state index contributed by atoms with van der Waals surface area (Å²) >= 11 is 0. The Morgan fingerprint density at radius 1 is 1.14 bits per heavy atom. The predicted molar refractivity (Wildman–Crippen MR) is 82.3 cm³/mol.